The number of aryl methyl sites for hydroxylation is 1. The average Bonchev–Trinajstić information content (AvgIpc) is 3.13. The van der Waals surface area contributed by atoms with Crippen LogP contribution < -0.4 is 5.56 Å². The summed E-state index contributed by atoms with van der Waals surface area (Å²) in [4.78, 5) is 30.4. The number of benzene rings is 1. The minimum absolute atomic E-state index is 0.0330. The summed E-state index contributed by atoms with van der Waals surface area (Å²) in [5, 5.41) is 2.68. The molecule has 0 aliphatic heterocycles. The average molecular weight is 399 g/mol. The van der Waals surface area contributed by atoms with Gasteiger partial charge in [0.1, 0.15) is 10.7 Å². The molecule has 0 saturated carbocycles. The number of nitrogens with zero attached hydrogens (tertiary/aromatic N) is 2. The number of hydrogen-bond donors (Lipinski definition) is 0. The van der Waals surface area contributed by atoms with Crippen molar-refractivity contribution in [2.24, 2.45) is 0 Å². The van der Waals surface area contributed by atoms with Crippen molar-refractivity contribution in [1.29, 1.82) is 0 Å². The van der Waals surface area contributed by atoms with Crippen LogP contribution in [0.2, 0.25) is 0 Å². The molecule has 0 aliphatic rings. The third-order valence-electron chi connectivity index (χ3n) is 4.90. The van der Waals surface area contributed by atoms with E-state index in [1.807, 2.05) is 19.2 Å². The summed E-state index contributed by atoms with van der Waals surface area (Å²) in [6.45, 7) is 6.64. The number of rotatable bonds is 7. The Bertz CT molecular complexity index is 1030. The highest BCUT2D eigenvalue weighted by molar-refractivity contribution is 7.17. The summed E-state index contributed by atoms with van der Waals surface area (Å²) in [6, 6.07) is 8.34. The number of fused-ring (bicyclic) bond motifs is 1. The molecule has 6 heteroatoms. The van der Waals surface area contributed by atoms with E-state index >= 15 is 0 Å². The molecule has 0 aliphatic carbocycles. The highest BCUT2D eigenvalue weighted by atomic mass is 32.1. The van der Waals surface area contributed by atoms with Gasteiger partial charge >= 0.3 is 5.97 Å². The van der Waals surface area contributed by atoms with Gasteiger partial charge in [-0.2, -0.15) is 0 Å². The molecular formula is C22H26N2O3S. The van der Waals surface area contributed by atoms with Crippen LogP contribution in [0.5, 0.6) is 0 Å². The lowest BCUT2D eigenvalue weighted by Gasteiger charge is -2.15. The smallest absolute Gasteiger partial charge is 0.305 e. The van der Waals surface area contributed by atoms with E-state index in [9.17, 15) is 9.59 Å². The molecule has 3 rings (SSSR count). The SMILES string of the molecule is CCc1ccc(-c2csc3nc(C(C)C)n(CCCC(=O)OC)c(=O)c23)cc1. The van der Waals surface area contributed by atoms with E-state index < -0.39 is 0 Å². The number of carbonyl (C=O) groups is 1. The lowest BCUT2D eigenvalue weighted by Crippen LogP contribution is -2.26. The van der Waals surface area contributed by atoms with E-state index in [0.29, 0.717) is 18.4 Å². The van der Waals surface area contributed by atoms with Crippen LogP contribution in [0.25, 0.3) is 21.3 Å². The van der Waals surface area contributed by atoms with Gasteiger partial charge in [-0.15, -0.1) is 11.3 Å². The van der Waals surface area contributed by atoms with Crippen LogP contribution in [0.3, 0.4) is 0 Å². The zero-order valence-electron chi connectivity index (χ0n) is 16.8. The largest absolute Gasteiger partial charge is 0.469 e. The highest BCUT2D eigenvalue weighted by Crippen LogP contribution is 2.32. The van der Waals surface area contributed by atoms with Crippen molar-refractivity contribution in [3.63, 3.8) is 0 Å². The van der Waals surface area contributed by atoms with Crippen LogP contribution in [0.15, 0.2) is 34.4 Å². The van der Waals surface area contributed by atoms with Crippen LogP contribution in [-0.2, 0) is 22.5 Å². The van der Waals surface area contributed by atoms with E-state index in [0.717, 1.165) is 28.2 Å². The fourth-order valence-corrected chi connectivity index (χ4v) is 4.26. The fourth-order valence-electron chi connectivity index (χ4n) is 3.31. The lowest BCUT2D eigenvalue weighted by molar-refractivity contribution is -0.140. The molecule has 0 saturated heterocycles. The minimum Gasteiger partial charge on any atom is -0.469 e. The number of thiophene rings is 1. The summed E-state index contributed by atoms with van der Waals surface area (Å²) in [5.41, 5.74) is 3.19. The molecule has 0 unspecified atom stereocenters. The fraction of sp³-hybridized carbons (Fsp3) is 0.409. The zero-order chi connectivity index (χ0) is 20.3. The molecule has 0 N–H and O–H groups in total. The quantitative estimate of drug-likeness (QED) is 0.538. The lowest BCUT2D eigenvalue weighted by atomic mass is 10.0. The monoisotopic (exact) mass is 398 g/mol. The molecule has 5 nitrogen and oxygen atoms in total. The molecule has 0 fully saturated rings. The van der Waals surface area contributed by atoms with Gasteiger partial charge in [0.05, 0.1) is 12.5 Å². The van der Waals surface area contributed by atoms with E-state index in [1.54, 1.807) is 4.57 Å². The number of methoxy groups -OCH3 is 1. The molecule has 28 heavy (non-hydrogen) atoms. The van der Waals surface area contributed by atoms with Gasteiger partial charge in [-0.05, 0) is 24.0 Å². The van der Waals surface area contributed by atoms with Crippen LogP contribution in [0.1, 0.15) is 50.9 Å². The number of aromatic nitrogens is 2. The molecule has 0 bridgehead atoms. The maximum atomic E-state index is 13.4. The molecule has 148 valence electrons. The van der Waals surface area contributed by atoms with Crippen LogP contribution in [0.4, 0.5) is 0 Å². The van der Waals surface area contributed by atoms with Crippen molar-refractivity contribution < 1.29 is 9.53 Å². The Labute approximate surface area is 169 Å². The summed E-state index contributed by atoms with van der Waals surface area (Å²) >= 11 is 1.51. The van der Waals surface area contributed by atoms with Gasteiger partial charge in [-0.3, -0.25) is 14.2 Å². The predicted octanol–water partition coefficient (Wildman–Crippen LogP) is 4.76. The first-order valence-corrected chi connectivity index (χ1v) is 10.5. The van der Waals surface area contributed by atoms with Gasteiger partial charge < -0.3 is 4.74 Å². The molecule has 0 radical (unpaired) electrons. The van der Waals surface area contributed by atoms with Crippen molar-refractivity contribution in [2.45, 2.75) is 52.5 Å². The molecular weight excluding hydrogens is 372 g/mol. The Morgan fingerprint density at radius 3 is 2.57 bits per heavy atom. The van der Waals surface area contributed by atoms with Crippen molar-refractivity contribution >= 4 is 27.5 Å². The van der Waals surface area contributed by atoms with E-state index in [1.165, 1.54) is 24.0 Å². The van der Waals surface area contributed by atoms with Gasteiger partial charge in [-0.1, -0.05) is 45.0 Å². The van der Waals surface area contributed by atoms with Gasteiger partial charge in [0, 0.05) is 29.8 Å². The Morgan fingerprint density at radius 2 is 1.96 bits per heavy atom. The second-order valence-corrected chi connectivity index (χ2v) is 8.00. The van der Waals surface area contributed by atoms with Gasteiger partial charge in [0.2, 0.25) is 0 Å². The number of esters is 1. The Hall–Kier alpha value is -2.47. The Balaban J connectivity index is 2.07. The van der Waals surface area contributed by atoms with Gasteiger partial charge in [0.25, 0.3) is 5.56 Å². The molecule has 2 aromatic heterocycles. The summed E-state index contributed by atoms with van der Waals surface area (Å²) in [7, 11) is 1.38. The van der Waals surface area contributed by atoms with Crippen LogP contribution >= 0.6 is 11.3 Å². The Kier molecular flexibility index (Phi) is 6.29. The maximum Gasteiger partial charge on any atom is 0.305 e. The first-order chi connectivity index (χ1) is 13.5. The van der Waals surface area contributed by atoms with Crippen LogP contribution in [-0.4, -0.2) is 22.6 Å². The molecule has 0 atom stereocenters. The van der Waals surface area contributed by atoms with Crippen molar-refractivity contribution in [3.05, 3.63) is 51.4 Å². The van der Waals surface area contributed by atoms with Crippen LogP contribution in [0, 0.1) is 0 Å². The maximum absolute atomic E-state index is 13.4. The summed E-state index contributed by atoms with van der Waals surface area (Å²) in [6.07, 6.45) is 1.81. The van der Waals surface area contributed by atoms with E-state index in [2.05, 4.69) is 31.2 Å². The topological polar surface area (TPSA) is 61.2 Å². The third kappa shape index (κ3) is 4.02. The van der Waals surface area contributed by atoms with Crippen molar-refractivity contribution in [2.75, 3.05) is 7.11 Å². The first kappa shape index (κ1) is 20.3. The zero-order valence-corrected chi connectivity index (χ0v) is 17.6. The number of hydrogen-bond acceptors (Lipinski definition) is 5. The molecule has 1 aromatic carbocycles. The Morgan fingerprint density at radius 1 is 1.25 bits per heavy atom. The van der Waals surface area contributed by atoms with Crippen molar-refractivity contribution in [1.82, 2.24) is 9.55 Å². The number of ether oxygens (including phenoxy) is 1. The third-order valence-corrected chi connectivity index (χ3v) is 5.78. The number of carbonyl (C=O) groups excluding carboxylic acids is 1. The first-order valence-electron chi connectivity index (χ1n) is 9.64. The second kappa shape index (κ2) is 8.69. The van der Waals surface area contributed by atoms with E-state index in [4.69, 9.17) is 9.72 Å². The minimum atomic E-state index is -0.264. The van der Waals surface area contributed by atoms with E-state index in [-0.39, 0.29) is 23.9 Å². The molecule has 3 aromatic rings. The standard InChI is InChI=1S/C22H26N2O3S/c1-5-15-8-10-16(11-9-15)17-13-28-21-19(17)22(26)24(20(23-21)14(2)3)12-6-7-18(25)27-4/h8-11,13-14H,5-7,12H2,1-4H3. The predicted molar refractivity (Wildman–Crippen MR) is 114 cm³/mol. The normalized spacial score (nSPS) is 11.3. The molecule has 0 spiro atoms. The molecule has 2 heterocycles. The summed E-state index contributed by atoms with van der Waals surface area (Å²) in [5.74, 6) is 0.613. The van der Waals surface area contributed by atoms with Gasteiger partial charge in [0.15, 0.2) is 0 Å². The van der Waals surface area contributed by atoms with Gasteiger partial charge in [-0.25, -0.2) is 4.98 Å². The summed E-state index contributed by atoms with van der Waals surface area (Å²) < 4.78 is 6.44. The van der Waals surface area contributed by atoms with Crippen molar-refractivity contribution in [3.8, 4) is 11.1 Å². The molecule has 0 amide bonds. The highest BCUT2D eigenvalue weighted by Gasteiger charge is 2.18. The second-order valence-electron chi connectivity index (χ2n) is 7.14.